The molecule has 0 fully saturated rings. The van der Waals surface area contributed by atoms with Crippen molar-refractivity contribution >= 4 is 17.1 Å². The van der Waals surface area contributed by atoms with E-state index in [1.54, 1.807) is 24.5 Å². The van der Waals surface area contributed by atoms with Crippen molar-refractivity contribution in [3.05, 3.63) is 41.4 Å². The minimum atomic E-state index is 0.179. The minimum absolute atomic E-state index is 0.179. The average Bonchev–Trinajstić information content (AvgIpc) is 2.67. The van der Waals surface area contributed by atoms with Crippen molar-refractivity contribution in [3.63, 3.8) is 0 Å². The number of rotatable bonds is 3. The molecule has 3 heteroatoms. The maximum Gasteiger partial charge on any atom is 0.135 e. The van der Waals surface area contributed by atoms with Gasteiger partial charge in [-0.25, -0.2) is 4.98 Å². The van der Waals surface area contributed by atoms with E-state index in [4.69, 9.17) is 0 Å². The zero-order valence-electron chi connectivity index (χ0n) is 8.43. The number of benzene rings is 1. The first kappa shape index (κ1) is 10.1. The summed E-state index contributed by atoms with van der Waals surface area (Å²) in [6.07, 6.45) is 2.28. The molecule has 0 radical (unpaired) electrons. The first-order valence-corrected chi connectivity index (χ1v) is 5.57. The Hall–Kier alpha value is -1.48. The number of nitrogens with zero attached hydrogens (tertiary/aromatic N) is 1. The lowest BCUT2D eigenvalue weighted by molar-refractivity contribution is -0.116. The molecule has 0 atom stereocenters. The molecule has 0 aliphatic rings. The molecule has 0 aliphatic carbocycles. The van der Waals surface area contributed by atoms with Gasteiger partial charge in [-0.2, -0.15) is 0 Å². The second-order valence-corrected chi connectivity index (χ2v) is 4.49. The van der Waals surface area contributed by atoms with Gasteiger partial charge in [0, 0.05) is 23.1 Å². The number of Topliss-reactive ketones (excluding diaryl/α,β-unsaturated/α-hetero) is 1. The van der Waals surface area contributed by atoms with E-state index < -0.39 is 0 Å². The van der Waals surface area contributed by atoms with Gasteiger partial charge in [-0.1, -0.05) is 30.3 Å². The fraction of sp³-hybridized carbons (Fsp3) is 0.167. The summed E-state index contributed by atoms with van der Waals surface area (Å²) in [6.45, 7) is 1.60. The summed E-state index contributed by atoms with van der Waals surface area (Å²) in [5.74, 6) is 0.179. The quantitative estimate of drug-likeness (QED) is 0.791. The van der Waals surface area contributed by atoms with Crippen LogP contribution in [0.3, 0.4) is 0 Å². The lowest BCUT2D eigenvalue weighted by atomic mass is 10.2. The summed E-state index contributed by atoms with van der Waals surface area (Å²) in [5, 5.41) is 0.979. The highest BCUT2D eigenvalue weighted by Gasteiger charge is 2.05. The van der Waals surface area contributed by atoms with Crippen LogP contribution < -0.4 is 0 Å². The van der Waals surface area contributed by atoms with Gasteiger partial charge in [-0.15, -0.1) is 11.3 Å². The van der Waals surface area contributed by atoms with Crippen LogP contribution in [0.1, 0.15) is 11.8 Å². The van der Waals surface area contributed by atoms with E-state index in [9.17, 15) is 4.79 Å². The molecule has 0 saturated heterocycles. The first-order valence-electron chi connectivity index (χ1n) is 4.75. The SMILES string of the molecule is CC(=O)Cc1cnc(-c2ccccc2)s1. The highest BCUT2D eigenvalue weighted by atomic mass is 32.1. The Kier molecular flexibility index (Phi) is 2.92. The van der Waals surface area contributed by atoms with Crippen LogP contribution in [0, 0.1) is 0 Å². The van der Waals surface area contributed by atoms with Crippen LogP contribution in [0.5, 0.6) is 0 Å². The number of carbonyl (C=O) groups is 1. The van der Waals surface area contributed by atoms with Crippen LogP contribution in [0.15, 0.2) is 36.5 Å². The fourth-order valence-corrected chi connectivity index (χ4v) is 2.34. The van der Waals surface area contributed by atoms with Gasteiger partial charge >= 0.3 is 0 Å². The summed E-state index contributed by atoms with van der Waals surface area (Å²) in [4.78, 5) is 16.3. The van der Waals surface area contributed by atoms with E-state index in [2.05, 4.69) is 4.98 Å². The molecule has 0 amide bonds. The molecular formula is C12H11NOS. The lowest BCUT2D eigenvalue weighted by Gasteiger charge is -1.93. The Balaban J connectivity index is 2.24. The van der Waals surface area contributed by atoms with Crippen molar-refractivity contribution in [2.24, 2.45) is 0 Å². The summed E-state index contributed by atoms with van der Waals surface area (Å²) in [6, 6.07) is 10.0. The zero-order valence-corrected chi connectivity index (χ0v) is 9.25. The summed E-state index contributed by atoms with van der Waals surface area (Å²) < 4.78 is 0. The van der Waals surface area contributed by atoms with Crippen LogP contribution >= 0.6 is 11.3 Å². The van der Waals surface area contributed by atoms with E-state index in [0.717, 1.165) is 15.4 Å². The number of thiazole rings is 1. The molecule has 0 bridgehead atoms. The smallest absolute Gasteiger partial charge is 0.135 e. The molecule has 76 valence electrons. The maximum absolute atomic E-state index is 10.9. The Morgan fingerprint density at radius 3 is 2.73 bits per heavy atom. The molecule has 2 aromatic rings. The highest BCUT2D eigenvalue weighted by Crippen LogP contribution is 2.24. The average molecular weight is 217 g/mol. The molecule has 1 aromatic carbocycles. The largest absolute Gasteiger partial charge is 0.300 e. The van der Waals surface area contributed by atoms with Gasteiger partial charge in [0.1, 0.15) is 10.8 Å². The van der Waals surface area contributed by atoms with Crippen molar-refractivity contribution in [3.8, 4) is 10.6 Å². The Bertz CT molecular complexity index is 461. The standard InChI is InChI=1S/C12H11NOS/c1-9(14)7-11-8-13-12(15-11)10-5-3-2-4-6-10/h2-6,8H,7H2,1H3. The molecule has 0 unspecified atom stereocenters. The lowest BCUT2D eigenvalue weighted by Crippen LogP contribution is -1.92. The molecule has 0 spiro atoms. The second-order valence-electron chi connectivity index (χ2n) is 3.38. The first-order chi connectivity index (χ1) is 7.25. The van der Waals surface area contributed by atoms with Crippen LogP contribution in [-0.2, 0) is 11.2 Å². The summed E-state index contributed by atoms with van der Waals surface area (Å²) in [5.41, 5.74) is 1.11. The molecule has 0 N–H and O–H groups in total. The predicted octanol–water partition coefficient (Wildman–Crippen LogP) is 2.94. The van der Waals surface area contributed by atoms with Crippen LogP contribution in [-0.4, -0.2) is 10.8 Å². The van der Waals surface area contributed by atoms with Gasteiger partial charge in [-0.05, 0) is 6.92 Å². The van der Waals surface area contributed by atoms with E-state index >= 15 is 0 Å². The fourth-order valence-electron chi connectivity index (χ4n) is 1.35. The molecular weight excluding hydrogens is 206 g/mol. The Labute approximate surface area is 92.6 Å². The maximum atomic E-state index is 10.9. The second kappa shape index (κ2) is 4.36. The van der Waals surface area contributed by atoms with Gasteiger partial charge in [0.2, 0.25) is 0 Å². The van der Waals surface area contributed by atoms with E-state index in [0.29, 0.717) is 6.42 Å². The van der Waals surface area contributed by atoms with Gasteiger partial charge in [-0.3, -0.25) is 4.79 Å². The number of hydrogen-bond acceptors (Lipinski definition) is 3. The summed E-state index contributed by atoms with van der Waals surface area (Å²) in [7, 11) is 0. The number of carbonyl (C=O) groups excluding carboxylic acids is 1. The monoisotopic (exact) mass is 217 g/mol. The van der Waals surface area contributed by atoms with Crippen LogP contribution in [0.25, 0.3) is 10.6 Å². The predicted molar refractivity (Wildman–Crippen MR) is 61.9 cm³/mol. The van der Waals surface area contributed by atoms with Crippen molar-refractivity contribution in [1.82, 2.24) is 4.98 Å². The Morgan fingerprint density at radius 2 is 2.07 bits per heavy atom. The third-order valence-electron chi connectivity index (χ3n) is 2.00. The minimum Gasteiger partial charge on any atom is -0.300 e. The number of aromatic nitrogens is 1. The van der Waals surface area contributed by atoms with Gasteiger partial charge in [0.05, 0.1) is 0 Å². The zero-order chi connectivity index (χ0) is 10.7. The number of ketones is 1. The molecule has 1 aromatic heterocycles. The van der Waals surface area contributed by atoms with E-state index in [1.807, 2.05) is 30.3 Å². The van der Waals surface area contributed by atoms with Crippen molar-refractivity contribution in [1.29, 1.82) is 0 Å². The Morgan fingerprint density at radius 1 is 1.33 bits per heavy atom. The third-order valence-corrected chi connectivity index (χ3v) is 3.04. The summed E-state index contributed by atoms with van der Waals surface area (Å²) >= 11 is 1.58. The van der Waals surface area contributed by atoms with Gasteiger partial charge in [0.15, 0.2) is 0 Å². The topological polar surface area (TPSA) is 30.0 Å². The van der Waals surface area contributed by atoms with Crippen molar-refractivity contribution in [2.45, 2.75) is 13.3 Å². The molecule has 0 saturated carbocycles. The van der Waals surface area contributed by atoms with Gasteiger partial charge in [0.25, 0.3) is 0 Å². The van der Waals surface area contributed by atoms with Crippen LogP contribution in [0.2, 0.25) is 0 Å². The highest BCUT2D eigenvalue weighted by molar-refractivity contribution is 7.15. The third kappa shape index (κ3) is 2.50. The molecule has 2 nitrogen and oxygen atoms in total. The molecule has 15 heavy (non-hydrogen) atoms. The van der Waals surface area contributed by atoms with E-state index in [-0.39, 0.29) is 5.78 Å². The van der Waals surface area contributed by atoms with E-state index in [1.165, 1.54) is 0 Å². The normalized spacial score (nSPS) is 10.2. The van der Waals surface area contributed by atoms with Gasteiger partial charge < -0.3 is 0 Å². The molecule has 0 aliphatic heterocycles. The molecule has 1 heterocycles. The van der Waals surface area contributed by atoms with Crippen molar-refractivity contribution < 1.29 is 4.79 Å². The molecule has 2 rings (SSSR count). The van der Waals surface area contributed by atoms with Crippen LogP contribution in [0.4, 0.5) is 0 Å². The number of hydrogen-bond donors (Lipinski definition) is 0. The van der Waals surface area contributed by atoms with Crippen molar-refractivity contribution in [2.75, 3.05) is 0 Å².